The predicted molar refractivity (Wildman–Crippen MR) is 106 cm³/mol. The number of likely N-dealkylation sites (tertiary alicyclic amines) is 1. The van der Waals surface area contributed by atoms with E-state index in [-0.39, 0.29) is 19.5 Å². The van der Waals surface area contributed by atoms with E-state index in [1.807, 2.05) is 23.1 Å². The molecule has 1 amide bonds. The van der Waals surface area contributed by atoms with E-state index in [1.165, 1.54) is 12.8 Å². The maximum atomic E-state index is 13.4. The third kappa shape index (κ3) is 3.70. The molecule has 1 fully saturated rings. The highest BCUT2D eigenvalue weighted by Crippen LogP contribution is 2.36. The third-order valence-electron chi connectivity index (χ3n) is 5.63. The van der Waals surface area contributed by atoms with Gasteiger partial charge in [0, 0.05) is 30.8 Å². The first-order chi connectivity index (χ1) is 14.3. The Morgan fingerprint density at radius 2 is 1.72 bits per heavy atom. The van der Waals surface area contributed by atoms with E-state index >= 15 is 0 Å². The molecule has 152 valence electrons. The van der Waals surface area contributed by atoms with Gasteiger partial charge >= 0.3 is 0 Å². The van der Waals surface area contributed by atoms with Gasteiger partial charge in [0.15, 0.2) is 23.0 Å². The fourth-order valence-electron chi connectivity index (χ4n) is 4.05. The van der Waals surface area contributed by atoms with Gasteiger partial charge in [-0.15, -0.1) is 0 Å². The van der Waals surface area contributed by atoms with Crippen molar-refractivity contribution < 1.29 is 23.7 Å². The van der Waals surface area contributed by atoms with Crippen LogP contribution in [0.5, 0.6) is 23.0 Å². The molecular weight excluding hydrogens is 372 g/mol. The van der Waals surface area contributed by atoms with Crippen LogP contribution in [0.25, 0.3) is 0 Å². The maximum Gasteiger partial charge on any atom is 0.254 e. The molecule has 1 saturated heterocycles. The highest BCUT2D eigenvalue weighted by molar-refractivity contribution is 5.95. The van der Waals surface area contributed by atoms with Crippen molar-refractivity contribution in [1.29, 1.82) is 0 Å². The van der Waals surface area contributed by atoms with Gasteiger partial charge in [0.1, 0.15) is 0 Å². The third-order valence-corrected chi connectivity index (χ3v) is 5.63. The molecule has 0 aliphatic carbocycles. The molecule has 29 heavy (non-hydrogen) atoms. The lowest BCUT2D eigenvalue weighted by atomic mass is 10.1. The van der Waals surface area contributed by atoms with Crippen LogP contribution in [0.2, 0.25) is 0 Å². The summed E-state index contributed by atoms with van der Waals surface area (Å²) < 4.78 is 22.0. The van der Waals surface area contributed by atoms with Crippen molar-refractivity contribution in [3.05, 3.63) is 47.5 Å². The van der Waals surface area contributed by atoms with Gasteiger partial charge in [0.25, 0.3) is 5.91 Å². The highest BCUT2D eigenvalue weighted by atomic mass is 16.7. The molecule has 0 aromatic heterocycles. The molecule has 3 heterocycles. The monoisotopic (exact) mass is 396 g/mol. The Kier molecular flexibility index (Phi) is 4.89. The van der Waals surface area contributed by atoms with Crippen LogP contribution in [0.3, 0.4) is 0 Å². The van der Waals surface area contributed by atoms with Gasteiger partial charge in [-0.25, -0.2) is 0 Å². The van der Waals surface area contributed by atoms with Gasteiger partial charge in [-0.05, 0) is 50.2 Å². The van der Waals surface area contributed by atoms with Crippen LogP contribution in [0.4, 0.5) is 0 Å². The topological polar surface area (TPSA) is 60.5 Å². The SMILES string of the molecule is O=C(c1ccc2c(c1)OCO2)N(CCN1CCCC1)Cc1cccc2c1OCO2. The van der Waals surface area contributed by atoms with Crippen LogP contribution in [-0.4, -0.2) is 55.5 Å². The van der Waals surface area contributed by atoms with E-state index in [9.17, 15) is 4.79 Å². The fourth-order valence-corrected chi connectivity index (χ4v) is 4.05. The number of nitrogens with zero attached hydrogens (tertiary/aromatic N) is 2. The number of carbonyl (C=O) groups is 1. The maximum absolute atomic E-state index is 13.4. The minimum Gasteiger partial charge on any atom is -0.454 e. The second kappa shape index (κ2) is 7.83. The number of ether oxygens (including phenoxy) is 4. The molecule has 0 unspecified atom stereocenters. The number of amides is 1. The van der Waals surface area contributed by atoms with Crippen molar-refractivity contribution in [3.63, 3.8) is 0 Å². The quantitative estimate of drug-likeness (QED) is 0.748. The number of benzene rings is 2. The number of hydrogen-bond donors (Lipinski definition) is 0. The Bertz CT molecular complexity index is 910. The van der Waals surface area contributed by atoms with E-state index in [0.29, 0.717) is 30.2 Å². The molecule has 2 aromatic carbocycles. The van der Waals surface area contributed by atoms with Gasteiger partial charge in [-0.2, -0.15) is 0 Å². The molecule has 0 radical (unpaired) electrons. The number of rotatable bonds is 6. The summed E-state index contributed by atoms with van der Waals surface area (Å²) in [4.78, 5) is 17.7. The molecule has 3 aliphatic rings. The average Bonchev–Trinajstić information content (AvgIpc) is 3.51. The van der Waals surface area contributed by atoms with Crippen LogP contribution in [0.1, 0.15) is 28.8 Å². The largest absolute Gasteiger partial charge is 0.454 e. The number of para-hydroxylation sites is 1. The highest BCUT2D eigenvalue weighted by Gasteiger charge is 2.25. The van der Waals surface area contributed by atoms with Crippen LogP contribution < -0.4 is 18.9 Å². The van der Waals surface area contributed by atoms with E-state index in [1.54, 1.807) is 18.2 Å². The lowest BCUT2D eigenvalue weighted by Gasteiger charge is -2.26. The van der Waals surface area contributed by atoms with Gasteiger partial charge in [0.05, 0.1) is 0 Å². The number of carbonyl (C=O) groups excluding carboxylic acids is 1. The minimum atomic E-state index is -0.0287. The first-order valence-corrected chi connectivity index (χ1v) is 10.1. The summed E-state index contributed by atoms with van der Waals surface area (Å²) in [5.41, 5.74) is 1.55. The van der Waals surface area contributed by atoms with E-state index in [2.05, 4.69) is 4.90 Å². The standard InChI is InChI=1S/C22H24N2O5/c25-22(16-6-7-18-20(12-16)28-14-26-18)24(11-10-23-8-1-2-9-23)13-17-4-3-5-19-21(17)29-15-27-19/h3-7,12H,1-2,8-11,13-15H2. The summed E-state index contributed by atoms with van der Waals surface area (Å²) >= 11 is 0. The molecule has 0 atom stereocenters. The zero-order valence-corrected chi connectivity index (χ0v) is 16.3. The lowest BCUT2D eigenvalue weighted by Crippen LogP contribution is -2.37. The Hall–Kier alpha value is -2.93. The first kappa shape index (κ1) is 18.1. The summed E-state index contributed by atoms with van der Waals surface area (Å²) in [5.74, 6) is 2.73. The van der Waals surface area contributed by atoms with Crippen molar-refractivity contribution in [2.75, 3.05) is 39.8 Å². The summed E-state index contributed by atoms with van der Waals surface area (Å²) in [6.07, 6.45) is 2.46. The minimum absolute atomic E-state index is 0.0287. The summed E-state index contributed by atoms with van der Waals surface area (Å²) in [6.45, 7) is 4.59. The van der Waals surface area contributed by atoms with E-state index < -0.39 is 0 Å². The second-order valence-electron chi connectivity index (χ2n) is 7.49. The van der Waals surface area contributed by atoms with Crippen molar-refractivity contribution in [2.24, 2.45) is 0 Å². The number of fused-ring (bicyclic) bond motifs is 2. The Morgan fingerprint density at radius 3 is 2.62 bits per heavy atom. The predicted octanol–water partition coefficient (Wildman–Crippen LogP) is 2.88. The molecule has 0 N–H and O–H groups in total. The normalized spacial score (nSPS) is 17.0. The molecular formula is C22H24N2O5. The average molecular weight is 396 g/mol. The molecule has 0 bridgehead atoms. The van der Waals surface area contributed by atoms with E-state index in [0.717, 1.165) is 36.7 Å². The first-order valence-electron chi connectivity index (χ1n) is 10.1. The molecule has 0 spiro atoms. The lowest BCUT2D eigenvalue weighted by molar-refractivity contribution is 0.0725. The van der Waals surface area contributed by atoms with Crippen molar-refractivity contribution in [2.45, 2.75) is 19.4 Å². The van der Waals surface area contributed by atoms with Crippen molar-refractivity contribution >= 4 is 5.91 Å². The molecule has 7 heteroatoms. The Labute approximate surface area is 169 Å². The van der Waals surface area contributed by atoms with Gasteiger partial charge in [0.2, 0.25) is 13.6 Å². The van der Waals surface area contributed by atoms with Gasteiger partial charge < -0.3 is 28.7 Å². The van der Waals surface area contributed by atoms with Crippen LogP contribution in [0, 0.1) is 0 Å². The van der Waals surface area contributed by atoms with Gasteiger partial charge in [-0.3, -0.25) is 4.79 Å². The fraction of sp³-hybridized carbons (Fsp3) is 0.409. The van der Waals surface area contributed by atoms with Crippen molar-refractivity contribution in [1.82, 2.24) is 9.80 Å². The van der Waals surface area contributed by atoms with E-state index in [4.69, 9.17) is 18.9 Å². The van der Waals surface area contributed by atoms with Crippen LogP contribution >= 0.6 is 0 Å². The molecule has 2 aromatic rings. The Balaban J connectivity index is 1.38. The summed E-state index contributed by atoms with van der Waals surface area (Å²) in [7, 11) is 0. The molecule has 7 nitrogen and oxygen atoms in total. The molecule has 5 rings (SSSR count). The Morgan fingerprint density at radius 1 is 0.931 bits per heavy atom. The van der Waals surface area contributed by atoms with Crippen molar-refractivity contribution in [3.8, 4) is 23.0 Å². The van der Waals surface area contributed by atoms with Crippen LogP contribution in [-0.2, 0) is 6.54 Å². The molecule has 0 saturated carbocycles. The zero-order valence-electron chi connectivity index (χ0n) is 16.3. The molecule has 3 aliphatic heterocycles. The summed E-state index contributed by atoms with van der Waals surface area (Å²) in [6, 6.07) is 11.2. The zero-order chi connectivity index (χ0) is 19.6. The second-order valence-corrected chi connectivity index (χ2v) is 7.49. The smallest absolute Gasteiger partial charge is 0.254 e. The number of hydrogen-bond acceptors (Lipinski definition) is 6. The summed E-state index contributed by atoms with van der Waals surface area (Å²) in [5, 5.41) is 0. The van der Waals surface area contributed by atoms with Crippen LogP contribution in [0.15, 0.2) is 36.4 Å². The van der Waals surface area contributed by atoms with Gasteiger partial charge in [-0.1, -0.05) is 12.1 Å².